The predicted molar refractivity (Wildman–Crippen MR) is 111 cm³/mol. The lowest BCUT2D eigenvalue weighted by molar-refractivity contribution is -0.118. The first-order valence-corrected chi connectivity index (χ1v) is 10.7. The molecule has 1 aromatic heterocycles. The second kappa shape index (κ2) is 8.42. The first-order valence-electron chi connectivity index (χ1n) is 9.78. The van der Waals surface area contributed by atoms with E-state index in [-0.39, 0.29) is 5.91 Å². The summed E-state index contributed by atoms with van der Waals surface area (Å²) in [6, 6.07) is 10.6. The van der Waals surface area contributed by atoms with Crippen LogP contribution in [0, 0.1) is 0 Å². The number of nitrogens with one attached hydrogen (secondary N) is 1. The topological polar surface area (TPSA) is 44.8 Å². The summed E-state index contributed by atoms with van der Waals surface area (Å²) in [5.41, 5.74) is 3.39. The standard InChI is InChI=1S/C21H27N3O2S/c1-2-18-16-8-14-27-20(16)7-9-24(18)15-21(25)22-17-5-3-4-6-19(17)23-10-12-26-13-11-23/h3-6,8,14,18H,2,7,9-13,15H2,1H3,(H,22,25). The van der Waals surface area contributed by atoms with Gasteiger partial charge in [0, 0.05) is 30.6 Å². The Morgan fingerprint density at radius 1 is 1.22 bits per heavy atom. The molecule has 2 aliphatic heterocycles. The van der Waals surface area contributed by atoms with Gasteiger partial charge in [0.2, 0.25) is 5.91 Å². The highest BCUT2D eigenvalue weighted by atomic mass is 32.1. The summed E-state index contributed by atoms with van der Waals surface area (Å²) in [4.78, 5) is 18.9. The smallest absolute Gasteiger partial charge is 0.238 e. The summed E-state index contributed by atoms with van der Waals surface area (Å²) in [7, 11) is 0. The van der Waals surface area contributed by atoms with E-state index in [1.807, 2.05) is 29.5 Å². The summed E-state index contributed by atoms with van der Waals surface area (Å²) < 4.78 is 5.45. The van der Waals surface area contributed by atoms with Crippen molar-refractivity contribution in [1.82, 2.24) is 4.90 Å². The van der Waals surface area contributed by atoms with Crippen LogP contribution in [-0.4, -0.2) is 50.2 Å². The fourth-order valence-electron chi connectivity index (χ4n) is 4.15. The maximum Gasteiger partial charge on any atom is 0.238 e. The van der Waals surface area contributed by atoms with E-state index in [0.717, 1.165) is 57.1 Å². The van der Waals surface area contributed by atoms with Crippen LogP contribution in [0.5, 0.6) is 0 Å². The fourth-order valence-corrected chi connectivity index (χ4v) is 5.08. The highest BCUT2D eigenvalue weighted by Crippen LogP contribution is 2.35. The van der Waals surface area contributed by atoms with Crippen molar-refractivity contribution in [2.45, 2.75) is 25.8 Å². The van der Waals surface area contributed by atoms with E-state index in [1.165, 1.54) is 10.4 Å². The summed E-state index contributed by atoms with van der Waals surface area (Å²) in [6.07, 6.45) is 2.07. The van der Waals surface area contributed by atoms with Gasteiger partial charge in [0.1, 0.15) is 0 Å². The number of para-hydroxylation sites is 2. The molecule has 1 fully saturated rings. The van der Waals surface area contributed by atoms with Crippen molar-refractivity contribution in [3.05, 3.63) is 46.2 Å². The summed E-state index contributed by atoms with van der Waals surface area (Å²) in [6.45, 7) is 6.77. The molecule has 0 spiro atoms. The van der Waals surface area contributed by atoms with Gasteiger partial charge in [-0.25, -0.2) is 0 Å². The largest absolute Gasteiger partial charge is 0.378 e. The van der Waals surface area contributed by atoms with Crippen LogP contribution in [0.3, 0.4) is 0 Å². The molecule has 1 unspecified atom stereocenters. The predicted octanol–water partition coefficient (Wildman–Crippen LogP) is 3.53. The average molecular weight is 386 g/mol. The third kappa shape index (κ3) is 4.03. The van der Waals surface area contributed by atoms with Gasteiger partial charge >= 0.3 is 0 Å². The molecule has 1 aromatic carbocycles. The third-order valence-corrected chi connectivity index (χ3v) is 6.47. The zero-order valence-electron chi connectivity index (χ0n) is 15.8. The van der Waals surface area contributed by atoms with Crippen molar-refractivity contribution in [2.24, 2.45) is 0 Å². The molecule has 27 heavy (non-hydrogen) atoms. The number of thiophene rings is 1. The molecule has 2 aromatic rings. The van der Waals surface area contributed by atoms with Crippen molar-refractivity contribution in [2.75, 3.05) is 49.6 Å². The minimum Gasteiger partial charge on any atom is -0.378 e. The van der Waals surface area contributed by atoms with Crippen molar-refractivity contribution >= 4 is 28.6 Å². The SMILES string of the molecule is CCC1c2ccsc2CCN1CC(=O)Nc1ccccc1N1CCOCC1. The first-order chi connectivity index (χ1) is 13.3. The molecule has 3 heterocycles. The van der Waals surface area contributed by atoms with Crippen LogP contribution in [0.15, 0.2) is 35.7 Å². The Bertz CT molecular complexity index is 785. The molecule has 1 amide bonds. The Balaban J connectivity index is 1.44. The Kier molecular flexibility index (Phi) is 5.76. The molecular formula is C21H27N3O2S. The number of fused-ring (bicyclic) bond motifs is 1. The summed E-state index contributed by atoms with van der Waals surface area (Å²) in [5, 5.41) is 5.33. The van der Waals surface area contributed by atoms with Gasteiger partial charge in [-0.05, 0) is 42.0 Å². The fraction of sp³-hybridized carbons (Fsp3) is 0.476. The van der Waals surface area contributed by atoms with Crippen molar-refractivity contribution in [3.63, 3.8) is 0 Å². The molecule has 4 rings (SSSR count). The lowest BCUT2D eigenvalue weighted by Crippen LogP contribution is -2.40. The first kappa shape index (κ1) is 18.5. The molecule has 5 nitrogen and oxygen atoms in total. The van der Waals surface area contributed by atoms with E-state index in [2.05, 4.69) is 39.6 Å². The van der Waals surface area contributed by atoms with Gasteiger partial charge in [0.25, 0.3) is 0 Å². The Morgan fingerprint density at radius 3 is 2.85 bits per heavy atom. The van der Waals surface area contributed by atoms with E-state index >= 15 is 0 Å². The van der Waals surface area contributed by atoms with Crippen molar-refractivity contribution in [1.29, 1.82) is 0 Å². The van der Waals surface area contributed by atoms with E-state index in [0.29, 0.717) is 12.6 Å². The zero-order chi connectivity index (χ0) is 18.6. The van der Waals surface area contributed by atoms with E-state index in [4.69, 9.17) is 4.74 Å². The van der Waals surface area contributed by atoms with Gasteiger partial charge in [-0.1, -0.05) is 19.1 Å². The van der Waals surface area contributed by atoms with E-state index in [9.17, 15) is 4.79 Å². The number of carbonyl (C=O) groups excluding carboxylic acids is 1. The number of benzene rings is 1. The monoisotopic (exact) mass is 385 g/mol. The normalized spacial score (nSPS) is 20.3. The van der Waals surface area contributed by atoms with Crippen LogP contribution >= 0.6 is 11.3 Å². The number of anilines is 2. The lowest BCUT2D eigenvalue weighted by atomic mass is 9.98. The number of hydrogen-bond acceptors (Lipinski definition) is 5. The minimum atomic E-state index is 0.0628. The summed E-state index contributed by atoms with van der Waals surface area (Å²) >= 11 is 1.84. The molecule has 6 heteroatoms. The number of carbonyl (C=O) groups is 1. The number of ether oxygens (including phenoxy) is 1. The zero-order valence-corrected chi connectivity index (χ0v) is 16.6. The molecule has 144 valence electrons. The van der Waals surface area contributed by atoms with Gasteiger partial charge in [0.15, 0.2) is 0 Å². The molecule has 2 aliphatic rings. The number of nitrogens with zero attached hydrogens (tertiary/aromatic N) is 2. The van der Waals surface area contributed by atoms with E-state index in [1.54, 1.807) is 0 Å². The second-order valence-electron chi connectivity index (χ2n) is 7.11. The Morgan fingerprint density at radius 2 is 2.04 bits per heavy atom. The van der Waals surface area contributed by atoms with Crippen LogP contribution in [0.1, 0.15) is 29.8 Å². The van der Waals surface area contributed by atoms with Crippen molar-refractivity contribution in [3.8, 4) is 0 Å². The second-order valence-corrected chi connectivity index (χ2v) is 8.11. The minimum absolute atomic E-state index is 0.0628. The van der Waals surface area contributed by atoms with Gasteiger partial charge < -0.3 is 15.0 Å². The van der Waals surface area contributed by atoms with Crippen LogP contribution in [0.25, 0.3) is 0 Å². The van der Waals surface area contributed by atoms with Gasteiger partial charge in [-0.2, -0.15) is 0 Å². The number of rotatable bonds is 5. The molecular weight excluding hydrogens is 358 g/mol. The number of morpholine rings is 1. The lowest BCUT2D eigenvalue weighted by Gasteiger charge is -2.35. The van der Waals surface area contributed by atoms with Crippen LogP contribution in [0.2, 0.25) is 0 Å². The van der Waals surface area contributed by atoms with Crippen LogP contribution < -0.4 is 10.2 Å². The molecule has 0 bridgehead atoms. The van der Waals surface area contributed by atoms with Gasteiger partial charge in [-0.15, -0.1) is 11.3 Å². The van der Waals surface area contributed by atoms with Gasteiger partial charge in [-0.3, -0.25) is 9.69 Å². The Hall–Kier alpha value is -1.89. The molecule has 1 saturated heterocycles. The maximum absolute atomic E-state index is 12.8. The van der Waals surface area contributed by atoms with E-state index < -0.39 is 0 Å². The highest BCUT2D eigenvalue weighted by Gasteiger charge is 2.28. The molecule has 0 radical (unpaired) electrons. The van der Waals surface area contributed by atoms with Crippen LogP contribution in [-0.2, 0) is 16.0 Å². The Labute approximate surface area is 164 Å². The number of hydrogen-bond donors (Lipinski definition) is 1. The molecule has 1 atom stereocenters. The summed E-state index contributed by atoms with van der Waals surface area (Å²) in [5.74, 6) is 0.0628. The number of amides is 1. The molecule has 0 saturated carbocycles. The van der Waals surface area contributed by atoms with Gasteiger partial charge in [0.05, 0.1) is 31.1 Å². The average Bonchev–Trinajstić information content (AvgIpc) is 3.18. The third-order valence-electron chi connectivity index (χ3n) is 5.47. The maximum atomic E-state index is 12.8. The quantitative estimate of drug-likeness (QED) is 0.855. The van der Waals surface area contributed by atoms with Crippen LogP contribution in [0.4, 0.5) is 11.4 Å². The van der Waals surface area contributed by atoms with Crippen molar-refractivity contribution < 1.29 is 9.53 Å². The molecule has 0 aliphatic carbocycles. The molecule has 1 N–H and O–H groups in total. The highest BCUT2D eigenvalue weighted by molar-refractivity contribution is 7.10.